The van der Waals surface area contributed by atoms with E-state index in [4.69, 9.17) is 0 Å². The third-order valence-corrected chi connectivity index (χ3v) is 5.63. The van der Waals surface area contributed by atoms with E-state index in [1.807, 2.05) is 38.2 Å². The van der Waals surface area contributed by atoms with E-state index < -0.39 is 0 Å². The largest absolute Gasteiger partial charge is 0.325 e. The van der Waals surface area contributed by atoms with Gasteiger partial charge in [-0.15, -0.1) is 11.3 Å². The van der Waals surface area contributed by atoms with Gasteiger partial charge >= 0.3 is 0 Å². The topological polar surface area (TPSA) is 72.7 Å². The molecule has 0 aliphatic rings. The van der Waals surface area contributed by atoms with E-state index >= 15 is 0 Å². The molecule has 1 aromatic carbocycles. The van der Waals surface area contributed by atoms with Gasteiger partial charge in [0.2, 0.25) is 5.91 Å². The van der Waals surface area contributed by atoms with Crippen LogP contribution >= 0.6 is 11.3 Å². The molecule has 1 N–H and O–H groups in total. The maximum atomic E-state index is 12.2. The number of aromatic nitrogens is 4. The van der Waals surface area contributed by atoms with Crippen LogP contribution in [0.4, 0.5) is 5.69 Å². The van der Waals surface area contributed by atoms with E-state index in [-0.39, 0.29) is 5.91 Å². The van der Waals surface area contributed by atoms with Gasteiger partial charge in [0.1, 0.15) is 0 Å². The van der Waals surface area contributed by atoms with E-state index in [1.54, 1.807) is 22.2 Å². The van der Waals surface area contributed by atoms with Crippen LogP contribution in [0.25, 0.3) is 21.3 Å². The van der Waals surface area contributed by atoms with Gasteiger partial charge in [0, 0.05) is 18.9 Å². The van der Waals surface area contributed by atoms with Crippen LogP contribution in [0.2, 0.25) is 0 Å². The van der Waals surface area contributed by atoms with Crippen molar-refractivity contribution in [1.82, 2.24) is 19.7 Å². The molecule has 0 saturated carbocycles. The number of nitrogens with one attached hydrogen (secondary N) is 1. The number of amides is 1. The first-order chi connectivity index (χ1) is 13.1. The van der Waals surface area contributed by atoms with Crippen molar-refractivity contribution in [2.24, 2.45) is 7.05 Å². The number of fused-ring (bicyclic) bond motifs is 2. The number of thiazole rings is 1. The molecule has 4 rings (SSSR count). The van der Waals surface area contributed by atoms with Crippen LogP contribution in [0, 0.1) is 6.92 Å². The molecule has 4 aromatic rings. The second-order valence-electron chi connectivity index (χ2n) is 6.63. The monoisotopic (exact) mass is 379 g/mol. The van der Waals surface area contributed by atoms with Crippen molar-refractivity contribution in [3.05, 3.63) is 47.2 Å². The molecule has 0 atom stereocenters. The van der Waals surface area contributed by atoms with Crippen molar-refractivity contribution in [2.75, 3.05) is 5.32 Å². The summed E-state index contributed by atoms with van der Waals surface area (Å²) >= 11 is 1.74. The zero-order valence-electron chi connectivity index (χ0n) is 15.4. The molecule has 27 heavy (non-hydrogen) atoms. The second kappa shape index (κ2) is 7.44. The zero-order valence-corrected chi connectivity index (χ0v) is 16.2. The highest BCUT2D eigenvalue weighted by Crippen LogP contribution is 2.23. The molecule has 1 amide bonds. The van der Waals surface area contributed by atoms with Gasteiger partial charge in [0.05, 0.1) is 32.8 Å². The summed E-state index contributed by atoms with van der Waals surface area (Å²) in [4.78, 5) is 21.2. The quantitative estimate of drug-likeness (QED) is 0.509. The standard InChI is InChI=1S/C20H21N5OS/c1-13-15-11-14(12-21-20(15)25(2)24-13)22-18(26)9-5-6-10-19-23-16-7-3-4-8-17(16)27-19/h3-4,7-8,11-12H,5-6,9-10H2,1-2H3,(H,22,26). The lowest BCUT2D eigenvalue weighted by atomic mass is 10.2. The van der Waals surface area contributed by atoms with Gasteiger partial charge in [-0.1, -0.05) is 12.1 Å². The summed E-state index contributed by atoms with van der Waals surface area (Å²) in [5.74, 6) is 0.0157. The maximum absolute atomic E-state index is 12.2. The number of carbonyl (C=O) groups is 1. The smallest absolute Gasteiger partial charge is 0.224 e. The van der Waals surface area contributed by atoms with Crippen molar-refractivity contribution in [1.29, 1.82) is 0 Å². The van der Waals surface area contributed by atoms with Crippen LogP contribution in [0.3, 0.4) is 0 Å². The van der Waals surface area contributed by atoms with Crippen LogP contribution in [-0.2, 0) is 18.3 Å². The van der Waals surface area contributed by atoms with Crippen LogP contribution in [-0.4, -0.2) is 25.7 Å². The van der Waals surface area contributed by atoms with E-state index in [9.17, 15) is 4.79 Å². The molecule has 0 aliphatic heterocycles. The Morgan fingerprint density at radius 1 is 1.26 bits per heavy atom. The Kier molecular flexibility index (Phi) is 4.85. The predicted octanol–water partition coefficient (Wildman–Crippen LogP) is 4.24. The van der Waals surface area contributed by atoms with Crippen molar-refractivity contribution in [2.45, 2.75) is 32.6 Å². The molecule has 0 unspecified atom stereocenters. The Bertz CT molecular complexity index is 1080. The van der Waals surface area contributed by atoms with E-state index in [2.05, 4.69) is 26.4 Å². The number of rotatable bonds is 6. The minimum atomic E-state index is 0.0157. The van der Waals surface area contributed by atoms with Crippen molar-refractivity contribution >= 4 is 44.2 Å². The van der Waals surface area contributed by atoms with E-state index in [1.165, 1.54) is 4.70 Å². The first-order valence-corrected chi connectivity index (χ1v) is 9.85. The van der Waals surface area contributed by atoms with Gasteiger partial charge in [-0.2, -0.15) is 5.10 Å². The molecular weight excluding hydrogens is 358 g/mol. The lowest BCUT2D eigenvalue weighted by Gasteiger charge is -2.05. The fourth-order valence-corrected chi connectivity index (χ4v) is 4.20. The van der Waals surface area contributed by atoms with Crippen molar-refractivity contribution in [3.63, 3.8) is 0 Å². The van der Waals surface area contributed by atoms with Gasteiger partial charge in [-0.05, 0) is 44.4 Å². The minimum Gasteiger partial charge on any atom is -0.325 e. The Morgan fingerprint density at radius 2 is 2.11 bits per heavy atom. The summed E-state index contributed by atoms with van der Waals surface area (Å²) in [6, 6.07) is 10.1. The number of para-hydroxylation sites is 1. The molecule has 6 nitrogen and oxygen atoms in total. The van der Waals surface area contributed by atoms with E-state index in [0.29, 0.717) is 6.42 Å². The molecule has 0 aliphatic carbocycles. The highest BCUT2D eigenvalue weighted by Gasteiger charge is 2.09. The first-order valence-electron chi connectivity index (χ1n) is 9.04. The summed E-state index contributed by atoms with van der Waals surface area (Å²) in [5.41, 5.74) is 3.51. The molecular formula is C20H21N5OS. The zero-order chi connectivity index (χ0) is 18.8. The number of unbranched alkanes of at least 4 members (excludes halogenated alkanes) is 1. The van der Waals surface area contributed by atoms with Crippen molar-refractivity contribution < 1.29 is 4.79 Å². The van der Waals surface area contributed by atoms with Gasteiger partial charge in [-0.3, -0.25) is 9.48 Å². The second-order valence-corrected chi connectivity index (χ2v) is 7.75. The normalized spacial score (nSPS) is 11.3. The Morgan fingerprint density at radius 3 is 2.96 bits per heavy atom. The molecule has 138 valence electrons. The average Bonchev–Trinajstić information content (AvgIpc) is 3.19. The maximum Gasteiger partial charge on any atom is 0.224 e. The van der Waals surface area contributed by atoms with Crippen molar-refractivity contribution in [3.8, 4) is 0 Å². The lowest BCUT2D eigenvalue weighted by molar-refractivity contribution is -0.116. The van der Waals surface area contributed by atoms with E-state index in [0.717, 1.165) is 52.2 Å². The average molecular weight is 379 g/mol. The number of hydrogen-bond acceptors (Lipinski definition) is 5. The van der Waals surface area contributed by atoms with Gasteiger partial charge in [-0.25, -0.2) is 9.97 Å². The molecule has 0 saturated heterocycles. The molecule has 0 radical (unpaired) electrons. The number of benzene rings is 1. The SMILES string of the molecule is Cc1nn(C)c2ncc(NC(=O)CCCCc3nc4ccccc4s3)cc12. The number of pyridine rings is 1. The first kappa shape index (κ1) is 17.6. The number of carbonyl (C=O) groups excluding carboxylic acids is 1. The number of anilines is 1. The Hall–Kier alpha value is -2.80. The molecule has 0 fully saturated rings. The molecule has 3 heterocycles. The van der Waals surface area contributed by atoms with Gasteiger partial charge in [0.15, 0.2) is 5.65 Å². The fourth-order valence-electron chi connectivity index (χ4n) is 3.19. The summed E-state index contributed by atoms with van der Waals surface area (Å²) in [6.07, 6.45) is 4.88. The number of hydrogen-bond donors (Lipinski definition) is 1. The summed E-state index contributed by atoms with van der Waals surface area (Å²) < 4.78 is 2.97. The lowest BCUT2D eigenvalue weighted by Crippen LogP contribution is -2.11. The van der Waals surface area contributed by atoms with Gasteiger partial charge < -0.3 is 5.32 Å². The molecule has 7 heteroatoms. The molecule has 0 bridgehead atoms. The number of aryl methyl sites for hydroxylation is 3. The highest BCUT2D eigenvalue weighted by molar-refractivity contribution is 7.18. The molecule has 3 aromatic heterocycles. The summed E-state index contributed by atoms with van der Waals surface area (Å²) in [6.45, 7) is 1.94. The van der Waals surface area contributed by atoms with Gasteiger partial charge in [0.25, 0.3) is 0 Å². The fraction of sp³-hybridized carbons (Fsp3) is 0.300. The van der Waals surface area contributed by atoms with Crippen LogP contribution in [0.5, 0.6) is 0 Å². The summed E-state index contributed by atoms with van der Waals surface area (Å²) in [7, 11) is 1.87. The third-order valence-electron chi connectivity index (χ3n) is 4.53. The van der Waals surface area contributed by atoms with Crippen LogP contribution in [0.1, 0.15) is 30.0 Å². The Labute approximate surface area is 161 Å². The Balaban J connectivity index is 1.29. The van der Waals surface area contributed by atoms with Crippen LogP contribution < -0.4 is 5.32 Å². The minimum absolute atomic E-state index is 0.0157. The third kappa shape index (κ3) is 3.83. The summed E-state index contributed by atoms with van der Waals surface area (Å²) in [5, 5.41) is 9.39. The highest BCUT2D eigenvalue weighted by atomic mass is 32.1. The predicted molar refractivity (Wildman–Crippen MR) is 109 cm³/mol. The van der Waals surface area contributed by atoms with Crippen LogP contribution in [0.15, 0.2) is 36.5 Å². The molecule has 0 spiro atoms. The number of nitrogens with zero attached hydrogens (tertiary/aromatic N) is 4.